The normalized spacial score (nSPS) is 26.0. The van der Waals surface area contributed by atoms with Crippen LogP contribution in [0.2, 0.25) is 0 Å². The van der Waals surface area contributed by atoms with Gasteiger partial charge < -0.3 is 9.47 Å². The lowest BCUT2D eigenvalue weighted by Crippen LogP contribution is -2.45. The molecule has 2 unspecified atom stereocenters. The molecule has 0 saturated carbocycles. The number of rotatable bonds is 4. The second-order valence-electron chi connectivity index (χ2n) is 7.36. The van der Waals surface area contributed by atoms with Crippen LogP contribution < -0.4 is 0 Å². The van der Waals surface area contributed by atoms with Gasteiger partial charge in [0.1, 0.15) is 0 Å². The molecule has 1 fully saturated rings. The van der Waals surface area contributed by atoms with Crippen LogP contribution in [0.4, 0.5) is 13.2 Å². The molecule has 1 aromatic rings. The van der Waals surface area contributed by atoms with Crippen LogP contribution in [-0.2, 0) is 19.3 Å². The third kappa shape index (κ3) is 4.41. The third-order valence-electron chi connectivity index (χ3n) is 5.04. The molecule has 1 saturated heterocycles. The number of aliphatic imine (C=N–C) groups is 1. The van der Waals surface area contributed by atoms with Gasteiger partial charge in [-0.15, -0.1) is 0 Å². The molecule has 3 rings (SSSR count). The fourth-order valence-electron chi connectivity index (χ4n) is 3.38. The van der Waals surface area contributed by atoms with Crippen molar-refractivity contribution in [2.75, 3.05) is 19.8 Å². The lowest BCUT2D eigenvalue weighted by Gasteiger charge is -2.38. The van der Waals surface area contributed by atoms with E-state index in [1.165, 1.54) is 6.08 Å². The van der Waals surface area contributed by atoms with E-state index >= 15 is 0 Å². The van der Waals surface area contributed by atoms with Gasteiger partial charge in [-0.05, 0) is 50.0 Å². The van der Waals surface area contributed by atoms with Crippen LogP contribution >= 0.6 is 0 Å². The average Bonchev–Trinajstić information content (AvgIpc) is 3.08. The Morgan fingerprint density at radius 1 is 1.36 bits per heavy atom. The van der Waals surface area contributed by atoms with Gasteiger partial charge in [-0.3, -0.25) is 0 Å². The topological polar surface area (TPSA) is 65.0 Å². The SMILES string of the molecule is Cc1cccc(S(=O)(=O)C2(C)CCOC(C3=CC(OCC(F)(F)F)=NC3)C2)c1. The van der Waals surface area contributed by atoms with E-state index in [2.05, 4.69) is 9.73 Å². The second kappa shape index (κ2) is 7.51. The molecule has 0 aliphatic carbocycles. The molecule has 2 aliphatic heterocycles. The maximum atomic E-state index is 13.2. The molecule has 0 amide bonds. The first-order valence-electron chi connectivity index (χ1n) is 8.88. The average molecular weight is 417 g/mol. The highest BCUT2D eigenvalue weighted by molar-refractivity contribution is 7.92. The molecule has 2 aliphatic rings. The van der Waals surface area contributed by atoms with E-state index in [0.717, 1.165) is 5.56 Å². The minimum Gasteiger partial charge on any atom is -0.468 e. The Kier molecular flexibility index (Phi) is 5.60. The fraction of sp³-hybridized carbons (Fsp3) is 0.526. The standard InChI is InChI=1S/C19H22F3NO4S/c1-13-4-3-5-15(8-13)28(24,25)18(2)6-7-26-16(10-18)14-9-17(23-11-14)27-12-19(20,21)22/h3-5,8-9,16H,6-7,10-12H2,1-2H3. The largest absolute Gasteiger partial charge is 0.468 e. The molecule has 2 atom stereocenters. The van der Waals surface area contributed by atoms with Crippen LogP contribution in [0.15, 0.2) is 45.8 Å². The van der Waals surface area contributed by atoms with E-state index in [-0.39, 0.29) is 30.4 Å². The Morgan fingerprint density at radius 3 is 2.79 bits per heavy atom. The van der Waals surface area contributed by atoms with Crippen molar-refractivity contribution in [3.05, 3.63) is 41.5 Å². The summed E-state index contributed by atoms with van der Waals surface area (Å²) in [6.45, 7) is 2.48. The van der Waals surface area contributed by atoms with E-state index in [1.54, 1.807) is 25.1 Å². The van der Waals surface area contributed by atoms with E-state index < -0.39 is 33.5 Å². The van der Waals surface area contributed by atoms with Gasteiger partial charge in [-0.1, -0.05) is 12.1 Å². The lowest BCUT2D eigenvalue weighted by molar-refractivity contribution is -0.155. The molecule has 2 heterocycles. The molecule has 28 heavy (non-hydrogen) atoms. The molecule has 0 N–H and O–H groups in total. The molecule has 9 heteroatoms. The Hall–Kier alpha value is -1.87. The summed E-state index contributed by atoms with van der Waals surface area (Å²) in [5.41, 5.74) is 1.48. The van der Waals surface area contributed by atoms with E-state index in [1.807, 2.05) is 13.0 Å². The summed E-state index contributed by atoms with van der Waals surface area (Å²) in [4.78, 5) is 4.21. The molecular formula is C19H22F3NO4S. The number of ether oxygens (including phenoxy) is 2. The summed E-state index contributed by atoms with van der Waals surface area (Å²) in [7, 11) is -3.61. The van der Waals surface area contributed by atoms with Crippen LogP contribution in [0.5, 0.6) is 0 Å². The second-order valence-corrected chi connectivity index (χ2v) is 9.82. The van der Waals surface area contributed by atoms with Crippen LogP contribution in [0.3, 0.4) is 0 Å². The quantitative estimate of drug-likeness (QED) is 0.751. The lowest BCUT2D eigenvalue weighted by atomic mass is 9.92. The highest BCUT2D eigenvalue weighted by atomic mass is 32.2. The minimum atomic E-state index is -4.44. The minimum absolute atomic E-state index is 0.107. The van der Waals surface area contributed by atoms with Gasteiger partial charge in [-0.2, -0.15) is 13.2 Å². The first-order chi connectivity index (χ1) is 13.0. The zero-order valence-corrected chi connectivity index (χ0v) is 16.4. The van der Waals surface area contributed by atoms with Crippen molar-refractivity contribution in [3.8, 4) is 0 Å². The molecule has 154 valence electrons. The zero-order valence-electron chi connectivity index (χ0n) is 15.6. The number of alkyl halides is 3. The van der Waals surface area contributed by atoms with Crippen molar-refractivity contribution >= 4 is 15.7 Å². The van der Waals surface area contributed by atoms with E-state index in [9.17, 15) is 21.6 Å². The summed E-state index contributed by atoms with van der Waals surface area (Å²) in [6.07, 6.45) is -3.01. The van der Waals surface area contributed by atoms with Crippen LogP contribution in [0.1, 0.15) is 25.3 Å². The Labute approximate surface area is 162 Å². The molecule has 0 radical (unpaired) electrons. The molecule has 0 bridgehead atoms. The van der Waals surface area contributed by atoms with E-state index in [4.69, 9.17) is 4.74 Å². The number of hydrogen-bond donors (Lipinski definition) is 0. The Morgan fingerprint density at radius 2 is 2.11 bits per heavy atom. The smallest absolute Gasteiger partial charge is 0.422 e. The number of sulfone groups is 1. The summed E-state index contributed by atoms with van der Waals surface area (Å²) in [5, 5.41) is 0. The van der Waals surface area contributed by atoms with Gasteiger partial charge in [0.15, 0.2) is 16.4 Å². The summed E-state index contributed by atoms with van der Waals surface area (Å²) < 4.78 is 72.7. The van der Waals surface area contributed by atoms with Crippen LogP contribution in [0, 0.1) is 6.92 Å². The first-order valence-corrected chi connectivity index (χ1v) is 10.4. The van der Waals surface area contributed by atoms with Gasteiger partial charge in [0, 0.05) is 12.7 Å². The van der Waals surface area contributed by atoms with Gasteiger partial charge in [0.05, 0.1) is 22.3 Å². The number of aryl methyl sites for hydroxylation is 1. The Bertz CT molecular complexity index is 908. The summed E-state index contributed by atoms with van der Waals surface area (Å²) >= 11 is 0. The molecule has 1 aromatic carbocycles. The van der Waals surface area contributed by atoms with Gasteiger partial charge in [0.2, 0.25) is 5.90 Å². The predicted molar refractivity (Wildman–Crippen MR) is 98.1 cm³/mol. The van der Waals surface area contributed by atoms with E-state index in [0.29, 0.717) is 12.0 Å². The Balaban J connectivity index is 1.75. The van der Waals surface area contributed by atoms with Crippen molar-refractivity contribution in [1.82, 2.24) is 0 Å². The number of benzene rings is 1. The van der Waals surface area contributed by atoms with Crippen molar-refractivity contribution in [2.45, 2.75) is 48.6 Å². The molecule has 0 spiro atoms. The maximum Gasteiger partial charge on any atom is 0.422 e. The number of nitrogens with zero attached hydrogens (tertiary/aromatic N) is 1. The van der Waals surface area contributed by atoms with Crippen molar-refractivity contribution < 1.29 is 31.1 Å². The maximum absolute atomic E-state index is 13.2. The summed E-state index contributed by atoms with van der Waals surface area (Å²) in [5.74, 6) is -0.107. The highest BCUT2D eigenvalue weighted by Crippen LogP contribution is 2.39. The van der Waals surface area contributed by atoms with Gasteiger partial charge in [0.25, 0.3) is 0 Å². The molecule has 0 aromatic heterocycles. The van der Waals surface area contributed by atoms with Crippen LogP contribution in [-0.4, -0.2) is 51.1 Å². The molecular weight excluding hydrogens is 395 g/mol. The fourth-order valence-corrected chi connectivity index (χ4v) is 5.27. The predicted octanol–water partition coefficient (Wildman–Crippen LogP) is 3.62. The van der Waals surface area contributed by atoms with Gasteiger partial charge >= 0.3 is 6.18 Å². The van der Waals surface area contributed by atoms with Crippen molar-refractivity contribution in [2.24, 2.45) is 4.99 Å². The summed E-state index contributed by atoms with van der Waals surface area (Å²) in [6, 6.07) is 6.77. The zero-order chi connectivity index (χ0) is 20.6. The van der Waals surface area contributed by atoms with Crippen molar-refractivity contribution in [1.29, 1.82) is 0 Å². The molecule has 5 nitrogen and oxygen atoms in total. The highest BCUT2D eigenvalue weighted by Gasteiger charge is 2.45. The van der Waals surface area contributed by atoms with Gasteiger partial charge in [-0.25, -0.2) is 13.4 Å². The third-order valence-corrected chi connectivity index (χ3v) is 7.58. The van der Waals surface area contributed by atoms with Crippen molar-refractivity contribution in [3.63, 3.8) is 0 Å². The number of halogens is 3. The first kappa shape index (κ1) is 20.9. The monoisotopic (exact) mass is 417 g/mol. The van der Waals surface area contributed by atoms with Crippen LogP contribution in [0.25, 0.3) is 0 Å². The number of hydrogen-bond acceptors (Lipinski definition) is 5.